The molecule has 0 aromatic rings. The molecule has 0 radical (unpaired) electrons. The summed E-state index contributed by atoms with van der Waals surface area (Å²) in [4.78, 5) is 0. The van der Waals surface area contributed by atoms with Crippen molar-refractivity contribution in [2.24, 2.45) is 23.7 Å². The average molecular weight is 347 g/mol. The third-order valence-electron chi connectivity index (χ3n) is 5.20. The molecule has 0 saturated heterocycles. The first kappa shape index (κ1) is 19.4. The molecular weight excluding hydrogens is 312 g/mol. The maximum absolute atomic E-state index is 6.01. The minimum Gasteiger partial charge on any atom is -0.493 e. The summed E-state index contributed by atoms with van der Waals surface area (Å²) in [5.41, 5.74) is 4.61. The van der Waals surface area contributed by atoms with Crippen LogP contribution in [0.15, 0.2) is 46.1 Å². The van der Waals surface area contributed by atoms with Crippen molar-refractivity contribution in [3.05, 3.63) is 46.1 Å². The normalized spacial score (nSPS) is 20.8. The van der Waals surface area contributed by atoms with E-state index in [2.05, 4.69) is 65.2 Å². The molecular formula is C22H34OS. The second-order valence-electron chi connectivity index (χ2n) is 7.82. The topological polar surface area (TPSA) is 9.23 Å². The summed E-state index contributed by atoms with van der Waals surface area (Å²) in [6.45, 7) is 14.6. The van der Waals surface area contributed by atoms with Gasteiger partial charge in [-0.25, -0.2) is 0 Å². The molecule has 2 atom stereocenters. The standard InChI is InChI=1S/C22H34OS/c1-15(2)19-8-7-12-23-22(19)18(6)10-9-17(5)20-11-13-24-14-21(20)16(3)4/h7-8,11,13,15-18H,9-10,12,14H2,1-6H3/t17-,18+/m1/s1. The van der Waals surface area contributed by atoms with Crippen molar-refractivity contribution in [3.63, 3.8) is 0 Å². The van der Waals surface area contributed by atoms with Crippen molar-refractivity contribution in [3.8, 4) is 0 Å². The number of hydrogen-bond donors (Lipinski definition) is 0. The van der Waals surface area contributed by atoms with Crippen LogP contribution in [0.2, 0.25) is 0 Å². The minimum atomic E-state index is 0.500. The quantitative estimate of drug-likeness (QED) is 0.504. The Kier molecular flexibility index (Phi) is 7.28. The number of thioether (sulfide) groups is 1. The summed E-state index contributed by atoms with van der Waals surface area (Å²) >= 11 is 1.93. The van der Waals surface area contributed by atoms with Crippen LogP contribution in [0.1, 0.15) is 54.4 Å². The fourth-order valence-electron chi connectivity index (χ4n) is 3.60. The first-order valence-electron chi connectivity index (χ1n) is 9.46. The van der Waals surface area contributed by atoms with Crippen LogP contribution in [0.3, 0.4) is 0 Å². The van der Waals surface area contributed by atoms with Crippen molar-refractivity contribution in [2.45, 2.75) is 54.4 Å². The van der Waals surface area contributed by atoms with Gasteiger partial charge in [-0.05, 0) is 53.2 Å². The highest BCUT2D eigenvalue weighted by atomic mass is 32.2. The van der Waals surface area contributed by atoms with Crippen molar-refractivity contribution < 1.29 is 4.74 Å². The lowest BCUT2D eigenvalue weighted by molar-refractivity contribution is 0.193. The van der Waals surface area contributed by atoms with Crippen LogP contribution in [0.25, 0.3) is 0 Å². The molecule has 2 heterocycles. The summed E-state index contributed by atoms with van der Waals surface area (Å²) in [5.74, 6) is 4.71. The molecule has 24 heavy (non-hydrogen) atoms. The molecule has 2 aliphatic heterocycles. The van der Waals surface area contributed by atoms with Crippen LogP contribution in [-0.2, 0) is 4.74 Å². The van der Waals surface area contributed by atoms with E-state index in [1.807, 2.05) is 11.8 Å². The summed E-state index contributed by atoms with van der Waals surface area (Å²) in [6, 6.07) is 0. The summed E-state index contributed by atoms with van der Waals surface area (Å²) in [5, 5.41) is 2.27. The predicted octanol–water partition coefficient (Wildman–Crippen LogP) is 6.75. The van der Waals surface area contributed by atoms with Crippen LogP contribution in [0, 0.1) is 23.7 Å². The Hall–Kier alpha value is -0.890. The molecule has 2 aliphatic rings. The maximum atomic E-state index is 6.01. The Morgan fingerprint density at radius 1 is 0.917 bits per heavy atom. The van der Waals surface area contributed by atoms with Gasteiger partial charge in [-0.1, -0.05) is 59.3 Å². The van der Waals surface area contributed by atoms with Gasteiger partial charge in [0, 0.05) is 11.7 Å². The molecule has 0 spiro atoms. The third kappa shape index (κ3) is 4.81. The van der Waals surface area contributed by atoms with E-state index in [4.69, 9.17) is 4.74 Å². The molecule has 0 amide bonds. The SMILES string of the molecule is CC(C)C1=C([C@@H](C)CC[C@@H](C)C2=C(C(C)C)CSC=C2)OCC=C1. The lowest BCUT2D eigenvalue weighted by atomic mass is 9.85. The zero-order valence-corrected chi connectivity index (χ0v) is 17.1. The second-order valence-corrected chi connectivity index (χ2v) is 8.71. The van der Waals surface area contributed by atoms with Gasteiger partial charge in [0.15, 0.2) is 0 Å². The zero-order valence-electron chi connectivity index (χ0n) is 16.3. The summed E-state index contributed by atoms with van der Waals surface area (Å²) in [6.07, 6.45) is 9.18. The number of hydrogen-bond acceptors (Lipinski definition) is 2. The number of allylic oxidation sites excluding steroid dienone is 5. The van der Waals surface area contributed by atoms with E-state index in [1.54, 1.807) is 11.1 Å². The van der Waals surface area contributed by atoms with Crippen molar-refractivity contribution in [1.82, 2.24) is 0 Å². The first-order chi connectivity index (χ1) is 11.4. The fraction of sp³-hybridized carbons (Fsp3) is 0.636. The van der Waals surface area contributed by atoms with Gasteiger partial charge in [0.05, 0.1) is 0 Å². The molecule has 0 unspecified atom stereocenters. The first-order valence-corrected chi connectivity index (χ1v) is 10.5. The van der Waals surface area contributed by atoms with E-state index >= 15 is 0 Å². The zero-order chi connectivity index (χ0) is 17.7. The van der Waals surface area contributed by atoms with Gasteiger partial charge >= 0.3 is 0 Å². The monoisotopic (exact) mass is 346 g/mol. The van der Waals surface area contributed by atoms with Gasteiger partial charge in [0.25, 0.3) is 0 Å². The predicted molar refractivity (Wildman–Crippen MR) is 108 cm³/mol. The molecule has 0 N–H and O–H groups in total. The minimum absolute atomic E-state index is 0.500. The van der Waals surface area contributed by atoms with Crippen LogP contribution in [0.4, 0.5) is 0 Å². The van der Waals surface area contributed by atoms with E-state index in [0.29, 0.717) is 23.7 Å². The molecule has 134 valence electrons. The van der Waals surface area contributed by atoms with Gasteiger partial charge in [-0.3, -0.25) is 0 Å². The summed E-state index contributed by atoms with van der Waals surface area (Å²) < 4.78 is 6.01. The van der Waals surface area contributed by atoms with E-state index < -0.39 is 0 Å². The molecule has 1 nitrogen and oxygen atoms in total. The van der Waals surface area contributed by atoms with Gasteiger partial charge in [0.2, 0.25) is 0 Å². The Bertz CT molecular complexity index is 548. The Morgan fingerprint density at radius 3 is 2.29 bits per heavy atom. The number of ether oxygens (including phenoxy) is 1. The van der Waals surface area contributed by atoms with Crippen LogP contribution >= 0.6 is 11.8 Å². The lowest BCUT2D eigenvalue weighted by Gasteiger charge is -2.27. The smallest absolute Gasteiger partial charge is 0.106 e. The van der Waals surface area contributed by atoms with Gasteiger partial charge in [-0.15, -0.1) is 11.8 Å². The van der Waals surface area contributed by atoms with Gasteiger partial charge in [0.1, 0.15) is 12.4 Å². The Balaban J connectivity index is 2.04. The molecule has 2 rings (SSSR count). The van der Waals surface area contributed by atoms with Gasteiger partial charge < -0.3 is 4.74 Å². The molecule has 0 bridgehead atoms. The van der Waals surface area contributed by atoms with E-state index in [9.17, 15) is 0 Å². The van der Waals surface area contributed by atoms with Crippen molar-refractivity contribution >= 4 is 11.8 Å². The largest absolute Gasteiger partial charge is 0.493 e. The second kappa shape index (κ2) is 8.99. The molecule has 2 heteroatoms. The average Bonchev–Trinajstić information content (AvgIpc) is 2.59. The number of rotatable bonds is 7. The molecule has 0 aromatic heterocycles. The van der Waals surface area contributed by atoms with Crippen LogP contribution < -0.4 is 0 Å². The molecule has 0 saturated carbocycles. The third-order valence-corrected chi connectivity index (χ3v) is 6.01. The van der Waals surface area contributed by atoms with E-state index in [0.717, 1.165) is 6.61 Å². The summed E-state index contributed by atoms with van der Waals surface area (Å²) in [7, 11) is 0. The Labute approximate surface area is 153 Å². The van der Waals surface area contributed by atoms with Crippen molar-refractivity contribution in [2.75, 3.05) is 12.4 Å². The van der Waals surface area contributed by atoms with E-state index in [-0.39, 0.29) is 0 Å². The molecule has 0 aromatic carbocycles. The maximum Gasteiger partial charge on any atom is 0.106 e. The van der Waals surface area contributed by atoms with Crippen LogP contribution in [-0.4, -0.2) is 12.4 Å². The highest BCUT2D eigenvalue weighted by molar-refractivity contribution is 8.02. The van der Waals surface area contributed by atoms with E-state index in [1.165, 1.54) is 29.9 Å². The fourth-order valence-corrected chi connectivity index (χ4v) is 4.62. The molecule has 0 fully saturated rings. The highest BCUT2D eigenvalue weighted by Crippen LogP contribution is 2.35. The van der Waals surface area contributed by atoms with Crippen molar-refractivity contribution in [1.29, 1.82) is 0 Å². The van der Waals surface area contributed by atoms with Crippen LogP contribution in [0.5, 0.6) is 0 Å². The Morgan fingerprint density at radius 2 is 1.62 bits per heavy atom. The lowest BCUT2D eigenvalue weighted by Crippen LogP contribution is -2.15. The highest BCUT2D eigenvalue weighted by Gasteiger charge is 2.22. The van der Waals surface area contributed by atoms with Gasteiger partial charge in [-0.2, -0.15) is 0 Å². The molecule has 0 aliphatic carbocycles.